The molecule has 0 radical (unpaired) electrons. The van der Waals surface area contributed by atoms with E-state index in [2.05, 4.69) is 20.8 Å². The number of thiazole rings is 1. The Morgan fingerprint density at radius 2 is 2.13 bits per heavy atom. The molecule has 2 N–H and O–H groups in total. The first kappa shape index (κ1) is 11.1. The van der Waals surface area contributed by atoms with Crippen molar-refractivity contribution in [1.29, 1.82) is 0 Å². The molecule has 0 bridgehead atoms. The third kappa shape index (κ3) is 1.95. The molecule has 1 fully saturated rings. The molecule has 1 aliphatic carbocycles. The van der Waals surface area contributed by atoms with Crippen molar-refractivity contribution >= 4 is 11.3 Å². The van der Waals surface area contributed by atoms with E-state index in [1.165, 1.54) is 34.8 Å². The lowest BCUT2D eigenvalue weighted by Gasteiger charge is -2.24. The zero-order valence-corrected chi connectivity index (χ0v) is 10.7. The van der Waals surface area contributed by atoms with Gasteiger partial charge in [-0.05, 0) is 19.8 Å². The van der Waals surface area contributed by atoms with Crippen molar-refractivity contribution in [2.24, 2.45) is 5.73 Å². The van der Waals surface area contributed by atoms with Gasteiger partial charge in [0.15, 0.2) is 0 Å². The molecule has 15 heavy (non-hydrogen) atoms. The summed E-state index contributed by atoms with van der Waals surface area (Å²) in [6.07, 6.45) is 4.03. The molecule has 0 spiro atoms. The normalized spacial score (nSPS) is 17.9. The lowest BCUT2D eigenvalue weighted by molar-refractivity contribution is 0.408. The van der Waals surface area contributed by atoms with Crippen molar-refractivity contribution in [3.8, 4) is 0 Å². The predicted molar refractivity (Wildman–Crippen MR) is 65.5 cm³/mol. The van der Waals surface area contributed by atoms with Gasteiger partial charge in [-0.2, -0.15) is 0 Å². The number of hydrogen-bond acceptors (Lipinski definition) is 3. The van der Waals surface area contributed by atoms with E-state index in [4.69, 9.17) is 10.7 Å². The van der Waals surface area contributed by atoms with E-state index in [0.29, 0.717) is 6.54 Å². The molecule has 84 valence electrons. The highest BCUT2D eigenvalue weighted by Crippen LogP contribution is 2.40. The molecule has 1 aromatic rings. The quantitative estimate of drug-likeness (QED) is 0.857. The first-order chi connectivity index (χ1) is 7.04. The molecule has 0 saturated heterocycles. The molecular weight excluding hydrogens is 204 g/mol. The first-order valence-corrected chi connectivity index (χ1v) is 6.54. The highest BCUT2D eigenvalue weighted by atomic mass is 32.1. The summed E-state index contributed by atoms with van der Waals surface area (Å²) in [5.41, 5.74) is 7.18. The van der Waals surface area contributed by atoms with E-state index in [9.17, 15) is 0 Å². The summed E-state index contributed by atoms with van der Waals surface area (Å²) >= 11 is 1.83. The minimum atomic E-state index is 0.0391. The summed E-state index contributed by atoms with van der Waals surface area (Å²) < 4.78 is 0. The number of rotatable bonds is 3. The van der Waals surface area contributed by atoms with Gasteiger partial charge in [-0.1, -0.05) is 20.3 Å². The van der Waals surface area contributed by atoms with Gasteiger partial charge in [-0.15, -0.1) is 11.3 Å². The number of aromatic nitrogens is 1. The van der Waals surface area contributed by atoms with Crippen LogP contribution < -0.4 is 5.73 Å². The van der Waals surface area contributed by atoms with Gasteiger partial charge < -0.3 is 5.73 Å². The van der Waals surface area contributed by atoms with Gasteiger partial charge in [-0.25, -0.2) is 4.98 Å². The third-order valence-electron chi connectivity index (χ3n) is 3.41. The topological polar surface area (TPSA) is 38.9 Å². The Morgan fingerprint density at radius 1 is 1.47 bits per heavy atom. The van der Waals surface area contributed by atoms with Gasteiger partial charge in [-0.3, -0.25) is 0 Å². The Labute approximate surface area is 95.9 Å². The standard InChI is InChI=1S/C12H20N2S/c1-8-10(9-5-4-6-9)14-11(15-8)12(2,3)7-13/h9H,4-7,13H2,1-3H3. The van der Waals surface area contributed by atoms with Crippen LogP contribution in [-0.4, -0.2) is 11.5 Å². The summed E-state index contributed by atoms with van der Waals surface area (Å²) in [5, 5.41) is 1.21. The van der Waals surface area contributed by atoms with E-state index in [0.717, 1.165) is 5.92 Å². The van der Waals surface area contributed by atoms with E-state index >= 15 is 0 Å². The van der Waals surface area contributed by atoms with Crippen molar-refractivity contribution in [1.82, 2.24) is 4.98 Å². The van der Waals surface area contributed by atoms with Crippen LogP contribution >= 0.6 is 11.3 Å². The van der Waals surface area contributed by atoms with Crippen LogP contribution in [0.4, 0.5) is 0 Å². The second-order valence-corrected chi connectivity index (χ2v) is 6.38. The smallest absolute Gasteiger partial charge is 0.1000 e. The summed E-state index contributed by atoms with van der Waals surface area (Å²) in [5.74, 6) is 0.739. The Balaban J connectivity index is 2.27. The van der Waals surface area contributed by atoms with Crippen LogP contribution in [0.25, 0.3) is 0 Å². The molecule has 1 saturated carbocycles. The Bertz CT molecular complexity index is 351. The SMILES string of the molecule is Cc1sc(C(C)(C)CN)nc1C1CCC1. The molecule has 1 aliphatic rings. The van der Waals surface area contributed by atoms with Gasteiger partial charge >= 0.3 is 0 Å². The maximum Gasteiger partial charge on any atom is 0.1000 e. The van der Waals surface area contributed by atoms with Gasteiger partial charge in [0.05, 0.1) is 10.7 Å². The van der Waals surface area contributed by atoms with E-state index in [1.54, 1.807) is 0 Å². The van der Waals surface area contributed by atoms with Gasteiger partial charge in [0.25, 0.3) is 0 Å². The predicted octanol–water partition coefficient (Wildman–Crippen LogP) is 2.96. The van der Waals surface area contributed by atoms with Crippen molar-refractivity contribution in [2.75, 3.05) is 6.54 Å². The molecule has 0 aliphatic heterocycles. The van der Waals surface area contributed by atoms with Crippen molar-refractivity contribution < 1.29 is 0 Å². The van der Waals surface area contributed by atoms with Crippen LogP contribution in [0.1, 0.15) is 54.6 Å². The summed E-state index contributed by atoms with van der Waals surface area (Å²) in [6, 6.07) is 0. The van der Waals surface area contributed by atoms with Crippen molar-refractivity contribution in [3.63, 3.8) is 0 Å². The highest BCUT2D eigenvalue weighted by Gasteiger charge is 2.28. The minimum Gasteiger partial charge on any atom is -0.330 e. The Morgan fingerprint density at radius 3 is 2.60 bits per heavy atom. The second kappa shape index (κ2) is 3.87. The Hall–Kier alpha value is -0.410. The number of hydrogen-bond donors (Lipinski definition) is 1. The first-order valence-electron chi connectivity index (χ1n) is 5.72. The average molecular weight is 224 g/mol. The molecular formula is C12H20N2S. The Kier molecular flexibility index (Phi) is 2.86. The third-order valence-corrected chi connectivity index (χ3v) is 4.77. The highest BCUT2D eigenvalue weighted by molar-refractivity contribution is 7.11. The number of nitrogens with two attached hydrogens (primary N) is 1. The fraction of sp³-hybridized carbons (Fsp3) is 0.750. The zero-order chi connectivity index (χ0) is 11.1. The largest absolute Gasteiger partial charge is 0.330 e. The maximum absolute atomic E-state index is 5.79. The molecule has 2 nitrogen and oxygen atoms in total. The fourth-order valence-corrected chi connectivity index (χ4v) is 2.96. The zero-order valence-electron chi connectivity index (χ0n) is 9.84. The summed E-state index contributed by atoms with van der Waals surface area (Å²) in [4.78, 5) is 6.21. The number of aryl methyl sites for hydroxylation is 1. The van der Waals surface area contributed by atoms with Gasteiger partial charge in [0, 0.05) is 22.8 Å². The fourth-order valence-electron chi connectivity index (χ4n) is 1.85. The van der Waals surface area contributed by atoms with E-state index < -0.39 is 0 Å². The van der Waals surface area contributed by atoms with Crippen molar-refractivity contribution in [2.45, 2.75) is 51.4 Å². The lowest BCUT2D eigenvalue weighted by atomic mass is 9.82. The van der Waals surface area contributed by atoms with Crippen LogP contribution in [0.3, 0.4) is 0 Å². The second-order valence-electron chi connectivity index (χ2n) is 5.18. The maximum atomic E-state index is 5.79. The summed E-state index contributed by atoms with van der Waals surface area (Å²) in [6.45, 7) is 7.22. The molecule has 0 aromatic carbocycles. The lowest BCUT2D eigenvalue weighted by Crippen LogP contribution is -2.28. The summed E-state index contributed by atoms with van der Waals surface area (Å²) in [7, 11) is 0. The molecule has 1 heterocycles. The molecule has 0 atom stereocenters. The molecule has 0 amide bonds. The van der Waals surface area contributed by atoms with Crippen molar-refractivity contribution in [3.05, 3.63) is 15.6 Å². The minimum absolute atomic E-state index is 0.0391. The van der Waals surface area contributed by atoms with E-state index in [1.807, 2.05) is 11.3 Å². The van der Waals surface area contributed by atoms with Crippen LogP contribution in [0, 0.1) is 6.92 Å². The molecule has 0 unspecified atom stereocenters. The van der Waals surface area contributed by atoms with Crippen LogP contribution in [0.2, 0.25) is 0 Å². The van der Waals surface area contributed by atoms with Gasteiger partial charge in [0.2, 0.25) is 0 Å². The monoisotopic (exact) mass is 224 g/mol. The number of nitrogens with zero attached hydrogens (tertiary/aromatic N) is 1. The van der Waals surface area contributed by atoms with E-state index in [-0.39, 0.29) is 5.41 Å². The van der Waals surface area contributed by atoms with Crippen LogP contribution in [-0.2, 0) is 5.41 Å². The molecule has 1 aromatic heterocycles. The molecule has 2 rings (SSSR count). The molecule has 3 heteroatoms. The van der Waals surface area contributed by atoms with Crippen LogP contribution in [0.5, 0.6) is 0 Å². The average Bonchev–Trinajstić information content (AvgIpc) is 2.46. The van der Waals surface area contributed by atoms with Crippen LogP contribution in [0.15, 0.2) is 0 Å². The van der Waals surface area contributed by atoms with Gasteiger partial charge in [0.1, 0.15) is 0 Å².